The molecule has 1 N–H and O–H groups in total. The highest BCUT2D eigenvalue weighted by molar-refractivity contribution is 5.76. The number of hydrogen-bond acceptors (Lipinski definition) is 6. The Morgan fingerprint density at radius 3 is 2.19 bits per heavy atom. The summed E-state index contributed by atoms with van der Waals surface area (Å²) in [4.78, 5) is 17.4. The van der Waals surface area contributed by atoms with E-state index < -0.39 is 0 Å². The molecule has 1 aliphatic rings. The summed E-state index contributed by atoms with van der Waals surface area (Å²) in [7, 11) is 3.24. The highest BCUT2D eigenvalue weighted by Gasteiger charge is 2.28. The van der Waals surface area contributed by atoms with Gasteiger partial charge in [0.15, 0.2) is 11.5 Å². The SMILES string of the molecule is COc1ccc(-c2nn3c(nc2=O)-c2ccccc2N[C@H]3c2ccc(OC)cc2)cc1. The first-order valence-electron chi connectivity index (χ1n) is 9.83. The molecule has 0 spiro atoms. The number of fused-ring (bicyclic) bond motifs is 3. The molecule has 1 aliphatic heterocycles. The summed E-state index contributed by atoms with van der Waals surface area (Å²) in [6.07, 6.45) is -0.332. The van der Waals surface area contributed by atoms with Gasteiger partial charge in [-0.3, -0.25) is 4.79 Å². The van der Waals surface area contributed by atoms with E-state index in [1.54, 1.807) is 31.0 Å². The number of aromatic nitrogens is 3. The topological polar surface area (TPSA) is 78.3 Å². The van der Waals surface area contributed by atoms with Gasteiger partial charge in [-0.05, 0) is 54.1 Å². The number of ether oxygens (including phenoxy) is 2. The van der Waals surface area contributed by atoms with Crippen LogP contribution in [0.5, 0.6) is 11.5 Å². The Balaban J connectivity index is 1.69. The lowest BCUT2D eigenvalue weighted by Crippen LogP contribution is -2.32. The molecular weight excluding hydrogens is 392 g/mol. The maximum absolute atomic E-state index is 12.9. The van der Waals surface area contributed by atoms with Crippen LogP contribution in [0.3, 0.4) is 0 Å². The molecule has 7 heteroatoms. The Morgan fingerprint density at radius 1 is 0.871 bits per heavy atom. The van der Waals surface area contributed by atoms with Gasteiger partial charge >= 0.3 is 0 Å². The first-order chi connectivity index (χ1) is 15.2. The monoisotopic (exact) mass is 412 g/mol. The van der Waals surface area contributed by atoms with E-state index in [4.69, 9.17) is 14.6 Å². The van der Waals surface area contributed by atoms with E-state index in [-0.39, 0.29) is 17.4 Å². The van der Waals surface area contributed by atoms with Crippen LogP contribution < -0.4 is 20.3 Å². The van der Waals surface area contributed by atoms with Crippen molar-refractivity contribution in [2.45, 2.75) is 6.17 Å². The average molecular weight is 412 g/mol. The van der Waals surface area contributed by atoms with Crippen molar-refractivity contribution in [3.8, 4) is 34.1 Å². The second-order valence-electron chi connectivity index (χ2n) is 7.13. The molecule has 7 nitrogen and oxygen atoms in total. The Labute approximate surface area is 178 Å². The zero-order valence-electron chi connectivity index (χ0n) is 17.1. The van der Waals surface area contributed by atoms with Crippen molar-refractivity contribution in [2.24, 2.45) is 0 Å². The minimum absolute atomic E-state index is 0.283. The molecule has 0 saturated carbocycles. The second-order valence-corrected chi connectivity index (χ2v) is 7.13. The normalized spacial score (nSPS) is 14.2. The molecule has 0 aliphatic carbocycles. The molecule has 3 aromatic carbocycles. The summed E-state index contributed by atoms with van der Waals surface area (Å²) in [6.45, 7) is 0. The third-order valence-corrected chi connectivity index (χ3v) is 5.33. The van der Waals surface area contributed by atoms with Crippen LogP contribution in [0.2, 0.25) is 0 Å². The van der Waals surface area contributed by atoms with E-state index in [2.05, 4.69) is 10.3 Å². The molecule has 1 aromatic heterocycles. The van der Waals surface area contributed by atoms with Crippen molar-refractivity contribution in [1.29, 1.82) is 0 Å². The maximum atomic E-state index is 12.9. The lowest BCUT2D eigenvalue weighted by Gasteiger charge is -2.30. The number of anilines is 1. The lowest BCUT2D eigenvalue weighted by molar-refractivity contribution is 0.414. The maximum Gasteiger partial charge on any atom is 0.300 e. The van der Waals surface area contributed by atoms with Gasteiger partial charge in [-0.1, -0.05) is 24.3 Å². The zero-order valence-corrected chi connectivity index (χ0v) is 17.1. The number of benzene rings is 3. The van der Waals surface area contributed by atoms with Crippen molar-refractivity contribution in [3.63, 3.8) is 0 Å². The quantitative estimate of drug-likeness (QED) is 0.547. The van der Waals surface area contributed by atoms with Crippen molar-refractivity contribution in [1.82, 2.24) is 14.8 Å². The van der Waals surface area contributed by atoms with Crippen molar-refractivity contribution >= 4 is 5.69 Å². The number of hydrogen-bond donors (Lipinski definition) is 1. The molecule has 0 bridgehead atoms. The second kappa shape index (κ2) is 7.60. The third kappa shape index (κ3) is 3.30. The van der Waals surface area contributed by atoms with Crippen LogP contribution in [0.15, 0.2) is 77.6 Å². The molecule has 0 unspecified atom stereocenters. The van der Waals surface area contributed by atoms with Crippen LogP contribution >= 0.6 is 0 Å². The van der Waals surface area contributed by atoms with Gasteiger partial charge in [0, 0.05) is 16.8 Å². The van der Waals surface area contributed by atoms with Gasteiger partial charge in [-0.2, -0.15) is 10.1 Å². The molecule has 0 saturated heterocycles. The average Bonchev–Trinajstić information content (AvgIpc) is 2.83. The molecule has 4 aromatic rings. The highest BCUT2D eigenvalue weighted by atomic mass is 16.5. The molecule has 0 amide bonds. The van der Waals surface area contributed by atoms with E-state index in [1.807, 2.05) is 60.7 Å². The fourth-order valence-electron chi connectivity index (χ4n) is 3.72. The van der Waals surface area contributed by atoms with E-state index in [1.165, 1.54) is 0 Å². The molecule has 0 radical (unpaired) electrons. The number of para-hydroxylation sites is 1. The van der Waals surface area contributed by atoms with Crippen LogP contribution in [-0.2, 0) is 0 Å². The molecule has 31 heavy (non-hydrogen) atoms. The van der Waals surface area contributed by atoms with Crippen LogP contribution in [0, 0.1) is 0 Å². The number of nitrogens with one attached hydrogen (secondary N) is 1. The number of nitrogens with zero attached hydrogens (tertiary/aromatic N) is 3. The summed E-state index contributed by atoms with van der Waals surface area (Å²) >= 11 is 0. The van der Waals surface area contributed by atoms with E-state index >= 15 is 0 Å². The van der Waals surface area contributed by atoms with Gasteiger partial charge in [-0.15, -0.1) is 0 Å². The van der Waals surface area contributed by atoms with Crippen molar-refractivity contribution in [2.75, 3.05) is 19.5 Å². The van der Waals surface area contributed by atoms with Gasteiger partial charge in [0.25, 0.3) is 5.56 Å². The standard InChI is InChI=1S/C24H20N4O3/c1-30-17-11-7-15(8-12-17)21-24(29)26-23-19-5-3-4-6-20(19)25-22(28(23)27-21)16-9-13-18(31-2)14-10-16/h3-14,22,25H,1-2H3/t22-/m1/s1. The van der Waals surface area contributed by atoms with Crippen LogP contribution in [-0.4, -0.2) is 29.0 Å². The summed E-state index contributed by atoms with van der Waals surface area (Å²) in [5.74, 6) is 2.00. The van der Waals surface area contributed by atoms with Crippen molar-refractivity contribution in [3.05, 3.63) is 88.7 Å². The molecule has 154 valence electrons. The number of rotatable bonds is 4. The minimum atomic E-state index is -0.374. The lowest BCUT2D eigenvalue weighted by atomic mass is 10.1. The third-order valence-electron chi connectivity index (χ3n) is 5.33. The highest BCUT2D eigenvalue weighted by Crippen LogP contribution is 2.36. The summed E-state index contributed by atoms with van der Waals surface area (Å²) in [5, 5.41) is 8.27. The molecule has 5 rings (SSSR count). The van der Waals surface area contributed by atoms with Gasteiger partial charge in [0.1, 0.15) is 17.7 Å². The largest absolute Gasteiger partial charge is 0.497 e. The summed E-state index contributed by atoms with van der Waals surface area (Å²) in [5.41, 5.74) is 3.29. The first kappa shape index (κ1) is 18.9. The first-order valence-corrected chi connectivity index (χ1v) is 9.83. The Morgan fingerprint density at radius 2 is 1.52 bits per heavy atom. The summed E-state index contributed by atoms with van der Waals surface area (Å²) in [6, 6.07) is 22.7. The Hall–Kier alpha value is -4.13. The van der Waals surface area contributed by atoms with E-state index in [0.29, 0.717) is 17.1 Å². The molecule has 1 atom stereocenters. The van der Waals surface area contributed by atoms with E-state index in [0.717, 1.165) is 22.6 Å². The Kier molecular flexibility index (Phi) is 4.63. The summed E-state index contributed by atoms with van der Waals surface area (Å²) < 4.78 is 12.3. The van der Waals surface area contributed by atoms with Crippen molar-refractivity contribution < 1.29 is 9.47 Å². The minimum Gasteiger partial charge on any atom is -0.497 e. The number of methoxy groups -OCH3 is 2. The molecule has 2 heterocycles. The van der Waals surface area contributed by atoms with Crippen LogP contribution in [0.4, 0.5) is 5.69 Å². The van der Waals surface area contributed by atoms with Gasteiger partial charge in [-0.25, -0.2) is 4.68 Å². The van der Waals surface area contributed by atoms with Crippen LogP contribution in [0.25, 0.3) is 22.6 Å². The molecule has 0 fully saturated rings. The fourth-order valence-corrected chi connectivity index (χ4v) is 3.72. The smallest absolute Gasteiger partial charge is 0.300 e. The Bertz CT molecular complexity index is 1300. The van der Waals surface area contributed by atoms with Gasteiger partial charge in [0.2, 0.25) is 0 Å². The molecular formula is C24H20N4O3. The zero-order chi connectivity index (χ0) is 21.4. The predicted octanol–water partition coefficient (Wildman–Crippen LogP) is 3.96. The fraction of sp³-hybridized carbons (Fsp3) is 0.125. The van der Waals surface area contributed by atoms with Gasteiger partial charge in [0.05, 0.1) is 14.2 Å². The van der Waals surface area contributed by atoms with Gasteiger partial charge < -0.3 is 14.8 Å². The van der Waals surface area contributed by atoms with E-state index in [9.17, 15) is 4.79 Å². The predicted molar refractivity (Wildman–Crippen MR) is 118 cm³/mol. The van der Waals surface area contributed by atoms with Crippen LogP contribution in [0.1, 0.15) is 11.7 Å².